The van der Waals surface area contributed by atoms with Crippen LogP contribution >= 0.6 is 15.9 Å². The molecular weight excluding hydrogens is 323 g/mol. The van der Waals surface area contributed by atoms with Gasteiger partial charge in [-0.3, -0.25) is 4.79 Å². The summed E-state index contributed by atoms with van der Waals surface area (Å²) in [5.41, 5.74) is 8.57. The summed E-state index contributed by atoms with van der Waals surface area (Å²) >= 11 is 3.26. The number of carbonyl (C=O) groups is 1. The molecule has 1 amide bonds. The lowest BCUT2D eigenvalue weighted by Crippen LogP contribution is -2.26. The van der Waals surface area contributed by atoms with E-state index in [1.54, 1.807) is 11.0 Å². The van der Waals surface area contributed by atoms with Gasteiger partial charge in [-0.25, -0.2) is 4.39 Å². The van der Waals surface area contributed by atoms with Crippen molar-refractivity contribution in [3.63, 3.8) is 0 Å². The Morgan fingerprint density at radius 3 is 2.70 bits per heavy atom. The summed E-state index contributed by atoms with van der Waals surface area (Å²) in [5.74, 6) is -0.813. The maximum absolute atomic E-state index is 13.8. The van der Waals surface area contributed by atoms with Gasteiger partial charge in [0.25, 0.3) is 5.91 Å². The lowest BCUT2D eigenvalue weighted by molar-refractivity contribution is 0.0746. The fourth-order valence-corrected chi connectivity index (χ4v) is 2.75. The van der Waals surface area contributed by atoms with E-state index in [0.29, 0.717) is 23.2 Å². The average Bonchev–Trinajstić information content (AvgIpc) is 2.83. The predicted molar refractivity (Wildman–Crippen MR) is 78.5 cm³/mol. The maximum Gasteiger partial charge on any atom is 0.257 e. The summed E-state index contributed by atoms with van der Waals surface area (Å²) in [6.45, 7) is 0.950. The number of anilines is 1. The van der Waals surface area contributed by atoms with E-state index < -0.39 is 5.82 Å². The van der Waals surface area contributed by atoms with Crippen molar-refractivity contribution in [2.45, 2.75) is 13.1 Å². The van der Waals surface area contributed by atoms with Crippen LogP contribution in [0.25, 0.3) is 0 Å². The van der Waals surface area contributed by atoms with Gasteiger partial charge in [-0.2, -0.15) is 0 Å². The molecule has 5 heteroatoms. The smallest absolute Gasteiger partial charge is 0.257 e. The van der Waals surface area contributed by atoms with E-state index in [2.05, 4.69) is 15.9 Å². The van der Waals surface area contributed by atoms with Crippen molar-refractivity contribution in [3.05, 3.63) is 63.4 Å². The Kier molecular flexibility index (Phi) is 3.22. The van der Waals surface area contributed by atoms with Crippen molar-refractivity contribution in [3.8, 4) is 0 Å². The molecule has 0 fully saturated rings. The highest BCUT2D eigenvalue weighted by atomic mass is 79.9. The Bertz CT molecular complexity index is 702. The molecule has 1 aliphatic heterocycles. The zero-order valence-corrected chi connectivity index (χ0v) is 12.2. The second-order valence-corrected chi connectivity index (χ2v) is 5.73. The number of nitrogens with two attached hydrogens (primary N) is 1. The van der Waals surface area contributed by atoms with Gasteiger partial charge in [0, 0.05) is 23.2 Å². The molecule has 0 aromatic heterocycles. The highest BCUT2D eigenvalue weighted by molar-refractivity contribution is 9.10. The number of halogens is 2. The molecule has 0 unspecified atom stereocenters. The van der Waals surface area contributed by atoms with Crippen LogP contribution in [0.4, 0.5) is 10.1 Å². The van der Waals surface area contributed by atoms with Crippen LogP contribution in [0.2, 0.25) is 0 Å². The number of hydrogen-bond acceptors (Lipinski definition) is 2. The number of carbonyl (C=O) groups excluding carboxylic acids is 1. The summed E-state index contributed by atoms with van der Waals surface area (Å²) in [6, 6.07) is 9.96. The standard InChI is InChI=1S/C15H12BrFN2O/c16-11-2-4-14(17)13(6-11)15(20)19-7-9-1-3-12(18)5-10(9)8-19/h1-6H,7-8,18H2. The second-order valence-electron chi connectivity index (χ2n) is 4.81. The topological polar surface area (TPSA) is 46.3 Å². The monoisotopic (exact) mass is 334 g/mol. The van der Waals surface area contributed by atoms with Gasteiger partial charge in [-0.1, -0.05) is 22.0 Å². The number of rotatable bonds is 1. The molecule has 2 aromatic rings. The van der Waals surface area contributed by atoms with Crippen LogP contribution in [0.3, 0.4) is 0 Å². The van der Waals surface area contributed by atoms with E-state index >= 15 is 0 Å². The van der Waals surface area contributed by atoms with Crippen LogP contribution in [0, 0.1) is 5.82 Å². The van der Waals surface area contributed by atoms with Crippen molar-refractivity contribution >= 4 is 27.5 Å². The Morgan fingerprint density at radius 1 is 1.15 bits per heavy atom. The zero-order chi connectivity index (χ0) is 14.3. The van der Waals surface area contributed by atoms with Crippen LogP contribution in [0.5, 0.6) is 0 Å². The van der Waals surface area contributed by atoms with E-state index in [1.807, 2.05) is 18.2 Å². The van der Waals surface area contributed by atoms with Crippen molar-refractivity contribution in [2.75, 3.05) is 5.73 Å². The Balaban J connectivity index is 1.89. The molecule has 2 aromatic carbocycles. The molecule has 3 nitrogen and oxygen atoms in total. The predicted octanol–water partition coefficient (Wildman–Crippen LogP) is 3.33. The van der Waals surface area contributed by atoms with E-state index in [-0.39, 0.29) is 11.5 Å². The average molecular weight is 335 g/mol. The third kappa shape index (κ3) is 2.29. The third-order valence-electron chi connectivity index (χ3n) is 3.40. The van der Waals surface area contributed by atoms with E-state index in [1.165, 1.54) is 12.1 Å². The normalized spacial score (nSPS) is 13.4. The molecule has 0 bridgehead atoms. The highest BCUT2D eigenvalue weighted by Gasteiger charge is 2.26. The van der Waals surface area contributed by atoms with Gasteiger partial charge in [0.2, 0.25) is 0 Å². The first-order valence-corrected chi connectivity index (χ1v) is 6.95. The van der Waals surface area contributed by atoms with Gasteiger partial charge in [-0.15, -0.1) is 0 Å². The summed E-state index contributed by atoms with van der Waals surface area (Å²) in [4.78, 5) is 14.0. The van der Waals surface area contributed by atoms with Crippen molar-refractivity contribution in [2.24, 2.45) is 0 Å². The van der Waals surface area contributed by atoms with Gasteiger partial charge in [0.15, 0.2) is 0 Å². The SMILES string of the molecule is Nc1ccc2c(c1)CN(C(=O)c1cc(Br)ccc1F)C2. The molecule has 0 radical (unpaired) electrons. The molecule has 102 valence electrons. The van der Waals surface area contributed by atoms with Gasteiger partial charge < -0.3 is 10.6 Å². The Labute approximate surface area is 124 Å². The highest BCUT2D eigenvalue weighted by Crippen LogP contribution is 2.27. The van der Waals surface area contributed by atoms with Gasteiger partial charge in [0.05, 0.1) is 5.56 Å². The summed E-state index contributed by atoms with van der Waals surface area (Å²) < 4.78 is 14.5. The number of amides is 1. The third-order valence-corrected chi connectivity index (χ3v) is 3.89. The first-order chi connectivity index (χ1) is 9.54. The Morgan fingerprint density at radius 2 is 1.90 bits per heavy atom. The minimum Gasteiger partial charge on any atom is -0.399 e. The second kappa shape index (κ2) is 4.90. The van der Waals surface area contributed by atoms with E-state index in [9.17, 15) is 9.18 Å². The largest absolute Gasteiger partial charge is 0.399 e. The van der Waals surface area contributed by atoms with Crippen molar-refractivity contribution in [1.82, 2.24) is 4.90 Å². The molecule has 2 N–H and O–H groups in total. The van der Waals surface area contributed by atoms with Gasteiger partial charge >= 0.3 is 0 Å². The number of hydrogen-bond donors (Lipinski definition) is 1. The fraction of sp³-hybridized carbons (Fsp3) is 0.133. The molecule has 0 saturated carbocycles. The number of nitrogens with zero attached hydrogens (tertiary/aromatic N) is 1. The molecule has 1 aliphatic rings. The minimum atomic E-state index is -0.506. The lowest BCUT2D eigenvalue weighted by atomic mass is 10.1. The van der Waals surface area contributed by atoms with Crippen LogP contribution in [0.1, 0.15) is 21.5 Å². The van der Waals surface area contributed by atoms with Crippen molar-refractivity contribution in [1.29, 1.82) is 0 Å². The van der Waals surface area contributed by atoms with E-state index in [0.717, 1.165) is 11.1 Å². The maximum atomic E-state index is 13.8. The zero-order valence-electron chi connectivity index (χ0n) is 10.6. The molecular formula is C15H12BrFN2O. The molecule has 20 heavy (non-hydrogen) atoms. The van der Waals surface area contributed by atoms with Crippen molar-refractivity contribution < 1.29 is 9.18 Å². The fourth-order valence-electron chi connectivity index (χ4n) is 2.39. The van der Waals surface area contributed by atoms with Crippen LogP contribution in [-0.2, 0) is 13.1 Å². The van der Waals surface area contributed by atoms with Crippen LogP contribution < -0.4 is 5.73 Å². The molecule has 3 rings (SSSR count). The number of benzene rings is 2. The summed E-state index contributed by atoms with van der Waals surface area (Å²) in [5, 5.41) is 0. The van der Waals surface area contributed by atoms with Gasteiger partial charge in [0.1, 0.15) is 5.82 Å². The number of fused-ring (bicyclic) bond motifs is 1. The first-order valence-electron chi connectivity index (χ1n) is 6.16. The molecule has 0 saturated heterocycles. The quantitative estimate of drug-likeness (QED) is 0.813. The lowest BCUT2D eigenvalue weighted by Gasteiger charge is -2.16. The number of nitrogen functional groups attached to an aromatic ring is 1. The molecule has 1 heterocycles. The molecule has 0 aliphatic carbocycles. The Hall–Kier alpha value is -1.88. The molecule has 0 spiro atoms. The van der Waals surface area contributed by atoms with E-state index in [4.69, 9.17) is 5.73 Å². The molecule has 0 atom stereocenters. The minimum absolute atomic E-state index is 0.0835. The first kappa shape index (κ1) is 13.1. The summed E-state index contributed by atoms with van der Waals surface area (Å²) in [7, 11) is 0. The van der Waals surface area contributed by atoms with Gasteiger partial charge in [-0.05, 0) is 41.5 Å². The summed E-state index contributed by atoms with van der Waals surface area (Å²) in [6.07, 6.45) is 0. The van der Waals surface area contributed by atoms with Crippen LogP contribution in [-0.4, -0.2) is 10.8 Å². The van der Waals surface area contributed by atoms with Crippen LogP contribution in [0.15, 0.2) is 40.9 Å².